The van der Waals surface area contributed by atoms with Gasteiger partial charge in [0.05, 0.1) is 11.6 Å². The number of piperazine rings is 1. The zero-order valence-corrected chi connectivity index (χ0v) is 26.4. The Labute approximate surface area is 266 Å². The van der Waals surface area contributed by atoms with Gasteiger partial charge in [-0.3, -0.25) is 9.59 Å². The molecular weight excluding hydrogens is 629 g/mol. The van der Waals surface area contributed by atoms with Gasteiger partial charge in [-0.05, 0) is 37.6 Å². The molecule has 14 heteroatoms. The third-order valence-electron chi connectivity index (χ3n) is 7.60. The van der Waals surface area contributed by atoms with Crippen LogP contribution in [0.3, 0.4) is 0 Å². The number of aromatic nitrogens is 1. The lowest BCUT2D eigenvalue weighted by Gasteiger charge is -2.53. The lowest BCUT2D eigenvalue weighted by molar-refractivity contribution is -0.699. The standard InChI is InChI=1S/C30H31Cl2N5O6S/c1-20(2)35-18-27-36(44(41,42)26-12-11-22(31)15-23(26)32)16-24(33-30(40)43-19-21-9-5-3-6-10-21)28(38)37(27)25(29(35)39)17-34-13-7-4-8-14-34/h3-15,20,24-25,27H,16-19H2,1-2H3/p+1. The maximum absolute atomic E-state index is 14.3. The van der Waals surface area contributed by atoms with Gasteiger partial charge in [0.15, 0.2) is 25.0 Å². The van der Waals surface area contributed by atoms with Crippen molar-refractivity contribution in [2.24, 2.45) is 0 Å². The molecule has 11 nitrogen and oxygen atoms in total. The molecule has 0 bridgehead atoms. The summed E-state index contributed by atoms with van der Waals surface area (Å²) >= 11 is 12.4. The molecule has 3 amide bonds. The van der Waals surface area contributed by atoms with Crippen molar-refractivity contribution in [1.82, 2.24) is 19.4 Å². The molecule has 44 heavy (non-hydrogen) atoms. The van der Waals surface area contributed by atoms with Gasteiger partial charge in [-0.1, -0.05) is 59.6 Å². The van der Waals surface area contributed by atoms with Crippen LogP contribution in [0.2, 0.25) is 10.0 Å². The van der Waals surface area contributed by atoms with Crippen molar-refractivity contribution >= 4 is 51.1 Å². The summed E-state index contributed by atoms with van der Waals surface area (Å²) < 4.78 is 36.7. The van der Waals surface area contributed by atoms with Gasteiger partial charge in [0, 0.05) is 29.7 Å². The molecule has 2 aliphatic heterocycles. The molecule has 1 aromatic heterocycles. The lowest BCUT2D eigenvalue weighted by atomic mass is 10.0. The van der Waals surface area contributed by atoms with Gasteiger partial charge in [-0.2, -0.15) is 4.31 Å². The summed E-state index contributed by atoms with van der Waals surface area (Å²) in [6.45, 7) is 3.17. The molecular formula is C30H32Cl2N5O6S+. The highest BCUT2D eigenvalue weighted by Crippen LogP contribution is 2.34. The van der Waals surface area contributed by atoms with Gasteiger partial charge in [-0.25, -0.2) is 17.8 Å². The number of sulfonamides is 1. The highest BCUT2D eigenvalue weighted by molar-refractivity contribution is 7.89. The largest absolute Gasteiger partial charge is 0.445 e. The fraction of sp³-hybridized carbons (Fsp3) is 0.333. The molecule has 232 valence electrons. The van der Waals surface area contributed by atoms with Crippen molar-refractivity contribution in [1.29, 1.82) is 0 Å². The summed E-state index contributed by atoms with van der Waals surface area (Å²) in [6, 6.07) is 15.7. The maximum atomic E-state index is 14.3. The molecule has 1 N–H and O–H groups in total. The van der Waals surface area contributed by atoms with Crippen LogP contribution in [0.4, 0.5) is 4.79 Å². The summed E-state index contributed by atoms with van der Waals surface area (Å²) in [5.74, 6) is -0.936. The number of hydrogen-bond donors (Lipinski definition) is 1. The highest BCUT2D eigenvalue weighted by atomic mass is 35.5. The number of amides is 3. The normalized spacial score (nSPS) is 20.9. The minimum atomic E-state index is -4.38. The Morgan fingerprint density at radius 2 is 1.68 bits per heavy atom. The number of ether oxygens (including phenoxy) is 1. The van der Waals surface area contributed by atoms with Crippen LogP contribution in [0.5, 0.6) is 0 Å². The molecule has 0 spiro atoms. The van der Waals surface area contributed by atoms with Gasteiger partial charge in [0.25, 0.3) is 5.91 Å². The Morgan fingerprint density at radius 3 is 2.34 bits per heavy atom. The Kier molecular flexibility index (Phi) is 9.45. The van der Waals surface area contributed by atoms with E-state index in [0.29, 0.717) is 0 Å². The number of nitrogens with one attached hydrogen (secondary N) is 1. The van der Waals surface area contributed by atoms with Gasteiger partial charge in [0.2, 0.25) is 15.9 Å². The second-order valence-electron chi connectivity index (χ2n) is 10.8. The summed E-state index contributed by atoms with van der Waals surface area (Å²) in [5, 5.41) is 2.69. The molecule has 2 aliphatic rings. The predicted molar refractivity (Wildman–Crippen MR) is 162 cm³/mol. The van der Waals surface area contributed by atoms with Crippen molar-refractivity contribution in [3.63, 3.8) is 0 Å². The Morgan fingerprint density at radius 1 is 1.00 bits per heavy atom. The quantitative estimate of drug-likeness (QED) is 0.371. The summed E-state index contributed by atoms with van der Waals surface area (Å²) in [4.78, 5) is 43.5. The summed E-state index contributed by atoms with van der Waals surface area (Å²) in [7, 11) is -4.38. The average molecular weight is 662 g/mol. The first-order valence-corrected chi connectivity index (χ1v) is 16.2. The fourth-order valence-corrected chi connectivity index (χ4v) is 7.77. The predicted octanol–water partition coefficient (Wildman–Crippen LogP) is 3.05. The fourth-order valence-electron chi connectivity index (χ4n) is 5.43. The summed E-state index contributed by atoms with van der Waals surface area (Å²) in [5.41, 5.74) is 0.731. The van der Waals surface area contributed by atoms with E-state index in [9.17, 15) is 22.8 Å². The third-order valence-corrected chi connectivity index (χ3v) is 10.2. The van der Waals surface area contributed by atoms with Crippen LogP contribution in [-0.2, 0) is 37.5 Å². The van der Waals surface area contributed by atoms with Gasteiger partial charge < -0.3 is 19.9 Å². The number of halogens is 2. The molecule has 3 heterocycles. The highest BCUT2D eigenvalue weighted by Gasteiger charge is 2.55. The zero-order chi connectivity index (χ0) is 31.6. The summed E-state index contributed by atoms with van der Waals surface area (Å²) in [6.07, 6.45) is 1.52. The second-order valence-corrected chi connectivity index (χ2v) is 13.5. The molecule has 0 saturated carbocycles. The molecule has 3 atom stereocenters. The Hall–Kier alpha value is -3.71. The van der Waals surface area contributed by atoms with E-state index in [4.69, 9.17) is 27.9 Å². The monoisotopic (exact) mass is 660 g/mol. The maximum Gasteiger partial charge on any atom is 0.408 e. The van der Waals surface area contributed by atoms with E-state index in [1.807, 2.05) is 26.0 Å². The van der Waals surface area contributed by atoms with Gasteiger partial charge in [0.1, 0.15) is 23.7 Å². The topological polar surface area (TPSA) is 120 Å². The van der Waals surface area contributed by atoms with Crippen molar-refractivity contribution in [2.45, 2.75) is 56.2 Å². The van der Waals surface area contributed by atoms with E-state index >= 15 is 0 Å². The molecule has 0 aliphatic carbocycles. The van der Waals surface area contributed by atoms with E-state index in [2.05, 4.69) is 5.32 Å². The van der Waals surface area contributed by atoms with Crippen LogP contribution < -0.4 is 9.88 Å². The minimum absolute atomic E-state index is 0.0581. The molecule has 0 radical (unpaired) electrons. The number of benzene rings is 2. The number of carbonyl (C=O) groups excluding carboxylic acids is 3. The number of alkyl carbamates (subject to hydrolysis) is 1. The number of fused-ring (bicyclic) bond motifs is 1. The van der Waals surface area contributed by atoms with Crippen LogP contribution >= 0.6 is 23.2 Å². The Bertz CT molecular complexity index is 1640. The van der Waals surface area contributed by atoms with Crippen molar-refractivity contribution in [2.75, 3.05) is 13.1 Å². The molecule has 3 aromatic rings. The second kappa shape index (κ2) is 13.1. The van der Waals surface area contributed by atoms with Crippen LogP contribution in [0.25, 0.3) is 0 Å². The number of hydrogen-bond acceptors (Lipinski definition) is 6. The number of pyridine rings is 1. The first-order valence-electron chi connectivity index (χ1n) is 14.0. The molecule has 2 fully saturated rings. The Balaban J connectivity index is 1.54. The van der Waals surface area contributed by atoms with E-state index in [-0.39, 0.29) is 46.6 Å². The van der Waals surface area contributed by atoms with Crippen LogP contribution in [0, 0.1) is 0 Å². The van der Waals surface area contributed by atoms with Crippen molar-refractivity contribution in [3.05, 3.63) is 94.7 Å². The van der Waals surface area contributed by atoms with Crippen LogP contribution in [-0.4, -0.2) is 77.8 Å². The number of rotatable bonds is 8. The lowest BCUT2D eigenvalue weighted by Crippen LogP contribution is -2.77. The minimum Gasteiger partial charge on any atom is -0.445 e. The number of carbonyl (C=O) groups is 3. The smallest absolute Gasteiger partial charge is 0.408 e. The first-order chi connectivity index (χ1) is 21.0. The van der Waals surface area contributed by atoms with Crippen LogP contribution in [0.1, 0.15) is 19.4 Å². The van der Waals surface area contributed by atoms with E-state index in [1.54, 1.807) is 58.3 Å². The van der Waals surface area contributed by atoms with Gasteiger partial charge in [-0.15, -0.1) is 0 Å². The number of nitrogens with zero attached hydrogens (tertiary/aromatic N) is 4. The van der Waals surface area contributed by atoms with E-state index in [0.717, 1.165) is 9.87 Å². The first kappa shape index (κ1) is 31.7. The third kappa shape index (κ3) is 6.53. The molecule has 2 saturated heterocycles. The molecule has 2 aromatic carbocycles. The van der Waals surface area contributed by atoms with Crippen LogP contribution in [0.15, 0.2) is 84.0 Å². The molecule has 3 unspecified atom stereocenters. The van der Waals surface area contributed by atoms with Crippen molar-refractivity contribution in [3.8, 4) is 0 Å². The van der Waals surface area contributed by atoms with E-state index in [1.165, 1.54) is 23.1 Å². The van der Waals surface area contributed by atoms with E-state index < -0.39 is 46.8 Å². The average Bonchev–Trinajstić information content (AvgIpc) is 2.99. The zero-order valence-electron chi connectivity index (χ0n) is 24.0. The van der Waals surface area contributed by atoms with Crippen molar-refractivity contribution < 1.29 is 32.1 Å². The SMILES string of the molecule is CC(C)N1CC2N(C(=O)C(NC(=O)OCc3ccccc3)CN2S(=O)(=O)c2ccc(Cl)cc2Cl)C(C[n+]2ccccc2)C1=O. The molecule has 5 rings (SSSR count). The van der Waals surface area contributed by atoms with Gasteiger partial charge >= 0.3 is 6.09 Å².